The largest absolute Gasteiger partial charge is 0.306 e. The second-order valence-electron chi connectivity index (χ2n) is 6.86. The maximum absolute atomic E-state index is 11.5. The van der Waals surface area contributed by atoms with Gasteiger partial charge in [-0.1, -0.05) is 45.0 Å². The van der Waals surface area contributed by atoms with E-state index in [-0.39, 0.29) is 23.3 Å². The van der Waals surface area contributed by atoms with Gasteiger partial charge in [0.25, 0.3) is 0 Å². The van der Waals surface area contributed by atoms with Crippen LogP contribution < -0.4 is 5.32 Å². The highest BCUT2D eigenvalue weighted by Crippen LogP contribution is 2.24. The second kappa shape index (κ2) is 5.49. The lowest BCUT2D eigenvalue weighted by atomic mass is 9.86. The van der Waals surface area contributed by atoms with Crippen LogP contribution in [0.5, 0.6) is 0 Å². The van der Waals surface area contributed by atoms with Crippen LogP contribution in [0.15, 0.2) is 24.3 Å². The molecule has 1 aliphatic heterocycles. The molecule has 0 aromatic heterocycles. The minimum Gasteiger partial charge on any atom is -0.306 e. The van der Waals surface area contributed by atoms with Crippen LogP contribution in [0, 0.1) is 0 Å². The number of nitrogens with one attached hydrogen (secondary N) is 1. The van der Waals surface area contributed by atoms with E-state index in [0.717, 1.165) is 6.42 Å². The highest BCUT2D eigenvalue weighted by Gasteiger charge is 2.28. The molecule has 20 heavy (non-hydrogen) atoms. The summed E-state index contributed by atoms with van der Waals surface area (Å²) < 4.78 is 22.9. The summed E-state index contributed by atoms with van der Waals surface area (Å²) in [6.45, 7) is 8.70. The van der Waals surface area contributed by atoms with Crippen molar-refractivity contribution in [1.29, 1.82) is 0 Å². The van der Waals surface area contributed by atoms with Gasteiger partial charge in [0.05, 0.1) is 11.5 Å². The zero-order valence-corrected chi connectivity index (χ0v) is 13.6. The van der Waals surface area contributed by atoms with Gasteiger partial charge in [0.1, 0.15) is 0 Å². The molecule has 2 rings (SSSR count). The van der Waals surface area contributed by atoms with Gasteiger partial charge in [-0.25, -0.2) is 8.42 Å². The predicted octanol–water partition coefficient (Wildman–Crippen LogP) is 2.82. The highest BCUT2D eigenvalue weighted by molar-refractivity contribution is 7.91. The minimum absolute atomic E-state index is 0.0947. The lowest BCUT2D eigenvalue weighted by Crippen LogP contribution is -2.32. The lowest BCUT2D eigenvalue weighted by molar-refractivity contribution is 0.484. The molecule has 0 bridgehead atoms. The van der Waals surface area contributed by atoms with Gasteiger partial charge in [0, 0.05) is 12.1 Å². The molecule has 1 fully saturated rings. The van der Waals surface area contributed by atoms with E-state index >= 15 is 0 Å². The van der Waals surface area contributed by atoms with E-state index in [1.165, 1.54) is 11.1 Å². The molecule has 1 heterocycles. The third-order valence-electron chi connectivity index (χ3n) is 3.99. The molecule has 1 saturated heterocycles. The molecule has 0 unspecified atom stereocenters. The Bertz CT molecular complexity index is 555. The summed E-state index contributed by atoms with van der Waals surface area (Å²) >= 11 is 0. The first-order valence-corrected chi connectivity index (χ1v) is 9.06. The summed E-state index contributed by atoms with van der Waals surface area (Å²) in [6.07, 6.45) is 0.729. The standard InChI is InChI=1S/C16H25NO2S/c1-12(17-15-9-10-20(18,19)11-15)13-5-7-14(8-6-13)16(2,3)4/h5-8,12,15,17H,9-11H2,1-4H3/t12-,15+/m1/s1. The maximum Gasteiger partial charge on any atom is 0.151 e. The molecule has 0 amide bonds. The molecule has 1 aromatic carbocycles. The van der Waals surface area contributed by atoms with E-state index in [2.05, 4.69) is 57.3 Å². The molecule has 0 aliphatic carbocycles. The van der Waals surface area contributed by atoms with Crippen LogP contribution in [0.2, 0.25) is 0 Å². The SMILES string of the molecule is C[C@@H](N[C@H]1CCS(=O)(=O)C1)c1ccc(C(C)(C)C)cc1. The van der Waals surface area contributed by atoms with Crippen molar-refractivity contribution in [2.75, 3.05) is 11.5 Å². The molecule has 1 aromatic rings. The van der Waals surface area contributed by atoms with Gasteiger partial charge in [-0.3, -0.25) is 0 Å². The zero-order valence-electron chi connectivity index (χ0n) is 12.8. The topological polar surface area (TPSA) is 46.2 Å². The number of hydrogen-bond acceptors (Lipinski definition) is 3. The molecular formula is C16H25NO2S. The number of rotatable bonds is 3. The Hall–Kier alpha value is -0.870. The van der Waals surface area contributed by atoms with Crippen LogP contribution >= 0.6 is 0 Å². The van der Waals surface area contributed by atoms with Gasteiger partial charge in [0.15, 0.2) is 9.84 Å². The van der Waals surface area contributed by atoms with Crippen molar-refractivity contribution in [1.82, 2.24) is 5.32 Å². The molecule has 112 valence electrons. The van der Waals surface area contributed by atoms with Gasteiger partial charge in [-0.05, 0) is 29.9 Å². The van der Waals surface area contributed by atoms with Crippen molar-refractivity contribution in [2.24, 2.45) is 0 Å². The normalized spacial score (nSPS) is 23.7. The molecule has 4 heteroatoms. The smallest absolute Gasteiger partial charge is 0.151 e. The average Bonchev–Trinajstić information content (AvgIpc) is 2.67. The van der Waals surface area contributed by atoms with Crippen LogP contribution in [-0.4, -0.2) is 26.0 Å². The van der Waals surface area contributed by atoms with Gasteiger partial charge in [-0.2, -0.15) is 0 Å². The molecule has 1 aliphatic rings. The van der Waals surface area contributed by atoms with Crippen molar-refractivity contribution in [2.45, 2.75) is 51.6 Å². The van der Waals surface area contributed by atoms with Crippen molar-refractivity contribution >= 4 is 9.84 Å². The first kappa shape index (κ1) is 15.5. The van der Waals surface area contributed by atoms with Crippen LogP contribution in [0.3, 0.4) is 0 Å². The van der Waals surface area contributed by atoms with Crippen LogP contribution in [0.1, 0.15) is 51.3 Å². The monoisotopic (exact) mass is 295 g/mol. The van der Waals surface area contributed by atoms with E-state index in [9.17, 15) is 8.42 Å². The molecular weight excluding hydrogens is 270 g/mol. The van der Waals surface area contributed by atoms with E-state index in [1.807, 2.05) is 0 Å². The van der Waals surface area contributed by atoms with Crippen molar-refractivity contribution in [3.63, 3.8) is 0 Å². The summed E-state index contributed by atoms with van der Waals surface area (Å²) in [4.78, 5) is 0. The molecule has 2 atom stereocenters. The molecule has 0 saturated carbocycles. The quantitative estimate of drug-likeness (QED) is 0.932. The number of sulfone groups is 1. The van der Waals surface area contributed by atoms with Crippen molar-refractivity contribution in [3.05, 3.63) is 35.4 Å². The van der Waals surface area contributed by atoms with Gasteiger partial charge >= 0.3 is 0 Å². The molecule has 0 radical (unpaired) electrons. The van der Waals surface area contributed by atoms with Crippen molar-refractivity contribution < 1.29 is 8.42 Å². The Morgan fingerprint density at radius 3 is 2.25 bits per heavy atom. The van der Waals surface area contributed by atoms with E-state index in [1.54, 1.807) is 0 Å². The van der Waals surface area contributed by atoms with Crippen LogP contribution in [-0.2, 0) is 15.3 Å². The Balaban J connectivity index is 2.01. The minimum atomic E-state index is -2.81. The fraction of sp³-hybridized carbons (Fsp3) is 0.625. The molecule has 1 N–H and O–H groups in total. The second-order valence-corrected chi connectivity index (χ2v) is 9.09. The first-order valence-electron chi connectivity index (χ1n) is 7.24. The summed E-state index contributed by atoms with van der Waals surface area (Å²) in [7, 11) is -2.81. The van der Waals surface area contributed by atoms with E-state index in [4.69, 9.17) is 0 Å². The van der Waals surface area contributed by atoms with E-state index in [0.29, 0.717) is 5.75 Å². The zero-order chi connectivity index (χ0) is 15.0. The van der Waals surface area contributed by atoms with Crippen LogP contribution in [0.25, 0.3) is 0 Å². The summed E-state index contributed by atoms with van der Waals surface area (Å²) in [5, 5.41) is 3.43. The number of benzene rings is 1. The van der Waals surface area contributed by atoms with E-state index < -0.39 is 9.84 Å². The molecule has 0 spiro atoms. The Kier molecular flexibility index (Phi) is 4.26. The first-order chi connectivity index (χ1) is 9.17. The fourth-order valence-electron chi connectivity index (χ4n) is 2.65. The fourth-order valence-corrected chi connectivity index (χ4v) is 4.33. The summed E-state index contributed by atoms with van der Waals surface area (Å²) in [5.74, 6) is 0.595. The molecule has 3 nitrogen and oxygen atoms in total. The third-order valence-corrected chi connectivity index (χ3v) is 5.76. The third kappa shape index (κ3) is 3.83. The lowest BCUT2D eigenvalue weighted by Gasteiger charge is -2.22. The predicted molar refractivity (Wildman–Crippen MR) is 83.8 cm³/mol. The van der Waals surface area contributed by atoms with Gasteiger partial charge in [-0.15, -0.1) is 0 Å². The maximum atomic E-state index is 11.5. The Labute approximate surface area is 122 Å². The number of hydrogen-bond donors (Lipinski definition) is 1. The van der Waals surface area contributed by atoms with Gasteiger partial charge in [0.2, 0.25) is 0 Å². The van der Waals surface area contributed by atoms with Crippen molar-refractivity contribution in [3.8, 4) is 0 Å². The summed E-state index contributed by atoms with van der Waals surface area (Å²) in [6, 6.07) is 8.89. The highest BCUT2D eigenvalue weighted by atomic mass is 32.2. The van der Waals surface area contributed by atoms with Gasteiger partial charge < -0.3 is 5.32 Å². The average molecular weight is 295 g/mol. The Morgan fingerprint density at radius 1 is 1.20 bits per heavy atom. The van der Waals surface area contributed by atoms with Crippen LogP contribution in [0.4, 0.5) is 0 Å². The summed E-state index contributed by atoms with van der Waals surface area (Å²) in [5.41, 5.74) is 2.69. The Morgan fingerprint density at radius 2 is 1.80 bits per heavy atom.